The third kappa shape index (κ3) is 5.14. The molecule has 6 aromatic rings. The van der Waals surface area contributed by atoms with Crippen LogP contribution in [0.5, 0.6) is 5.75 Å². The maximum absolute atomic E-state index is 13.4. The van der Waals surface area contributed by atoms with Crippen LogP contribution >= 0.6 is 34.8 Å². The first-order valence-electron chi connectivity index (χ1n) is 11.9. The van der Waals surface area contributed by atoms with Gasteiger partial charge in [0.1, 0.15) is 17.9 Å². The molecule has 0 saturated heterocycles. The molecule has 0 amide bonds. The zero-order valence-corrected chi connectivity index (χ0v) is 22.4. The van der Waals surface area contributed by atoms with Crippen LogP contribution in [0, 0.1) is 0 Å². The molecule has 6 rings (SSSR count). The van der Waals surface area contributed by atoms with E-state index in [9.17, 15) is 4.79 Å². The van der Waals surface area contributed by atoms with E-state index in [0.29, 0.717) is 54.5 Å². The molecule has 0 atom stereocenters. The summed E-state index contributed by atoms with van der Waals surface area (Å²) < 4.78 is 13.1. The Bertz CT molecular complexity index is 1910. The van der Waals surface area contributed by atoms with E-state index in [1.165, 1.54) is 4.68 Å². The van der Waals surface area contributed by atoms with E-state index < -0.39 is 0 Å². The highest BCUT2D eigenvalue weighted by atomic mass is 35.5. The van der Waals surface area contributed by atoms with Gasteiger partial charge in [-0.2, -0.15) is 9.78 Å². The second kappa shape index (κ2) is 10.6. The molecule has 6 nitrogen and oxygen atoms in total. The minimum atomic E-state index is -0.319. The number of para-hydroxylation sites is 2. The summed E-state index contributed by atoms with van der Waals surface area (Å²) >= 11 is 18.5. The fraction of sp³-hybridized carbons (Fsp3) is 0.0333. The molecular weight excluding hydrogens is 557 g/mol. The van der Waals surface area contributed by atoms with Crippen molar-refractivity contribution in [3.8, 4) is 17.3 Å². The molecular formula is C30H18Cl3N3O3. The molecule has 2 heterocycles. The summed E-state index contributed by atoms with van der Waals surface area (Å²) in [6, 6.07) is 27.1. The Morgan fingerprint density at radius 3 is 2.51 bits per heavy atom. The molecule has 0 bridgehead atoms. The van der Waals surface area contributed by atoms with Crippen molar-refractivity contribution in [3.63, 3.8) is 0 Å². The molecule has 9 heteroatoms. The Balaban J connectivity index is 1.33. The Kier molecular flexibility index (Phi) is 6.83. The predicted octanol–water partition coefficient (Wildman–Crippen LogP) is 8.23. The van der Waals surface area contributed by atoms with E-state index in [2.05, 4.69) is 5.10 Å². The molecule has 2 aromatic heterocycles. The van der Waals surface area contributed by atoms with E-state index in [1.807, 2.05) is 42.5 Å². The van der Waals surface area contributed by atoms with Crippen molar-refractivity contribution < 1.29 is 9.15 Å². The lowest BCUT2D eigenvalue weighted by atomic mass is 10.2. The molecule has 0 spiro atoms. The van der Waals surface area contributed by atoms with Crippen LogP contribution < -0.4 is 10.3 Å². The van der Waals surface area contributed by atoms with Crippen LogP contribution in [-0.4, -0.2) is 15.9 Å². The summed E-state index contributed by atoms with van der Waals surface area (Å²) in [4.78, 5) is 18.2. The lowest BCUT2D eigenvalue weighted by Gasteiger charge is -2.10. The van der Waals surface area contributed by atoms with Crippen LogP contribution in [0.15, 0.2) is 105 Å². The number of nitrogens with zero attached hydrogens (tertiary/aromatic N) is 3. The first kappa shape index (κ1) is 25.2. The Morgan fingerprint density at radius 1 is 0.872 bits per heavy atom. The van der Waals surface area contributed by atoms with E-state index in [0.717, 1.165) is 10.9 Å². The summed E-state index contributed by atoms with van der Waals surface area (Å²) in [5.41, 5.74) is 2.44. The first-order valence-corrected chi connectivity index (χ1v) is 13.0. The highest BCUT2D eigenvalue weighted by Crippen LogP contribution is 2.29. The van der Waals surface area contributed by atoms with Crippen LogP contribution in [0.2, 0.25) is 15.1 Å². The van der Waals surface area contributed by atoms with Crippen LogP contribution in [0.4, 0.5) is 0 Å². The Morgan fingerprint density at radius 2 is 1.69 bits per heavy atom. The van der Waals surface area contributed by atoms with Gasteiger partial charge in [0.15, 0.2) is 5.76 Å². The molecule has 0 aliphatic carbocycles. The van der Waals surface area contributed by atoms with Gasteiger partial charge in [-0.1, -0.05) is 71.2 Å². The third-order valence-electron chi connectivity index (χ3n) is 6.06. The molecule has 0 radical (unpaired) electrons. The molecule has 4 aromatic carbocycles. The summed E-state index contributed by atoms with van der Waals surface area (Å²) in [7, 11) is 0. The highest BCUT2D eigenvalue weighted by Gasteiger charge is 2.16. The van der Waals surface area contributed by atoms with Gasteiger partial charge in [0, 0.05) is 5.39 Å². The summed E-state index contributed by atoms with van der Waals surface area (Å²) in [6.07, 6.45) is 1.54. The van der Waals surface area contributed by atoms with Gasteiger partial charge in [-0.15, -0.1) is 0 Å². The number of ether oxygens (including phenoxy) is 1. The van der Waals surface area contributed by atoms with Crippen molar-refractivity contribution in [3.05, 3.63) is 128 Å². The predicted molar refractivity (Wildman–Crippen MR) is 156 cm³/mol. The Hall–Kier alpha value is -4.10. The zero-order chi connectivity index (χ0) is 26.9. The normalized spacial score (nSPS) is 11.6. The average molecular weight is 575 g/mol. The fourth-order valence-electron chi connectivity index (χ4n) is 4.11. The average Bonchev–Trinajstić information content (AvgIpc) is 3.38. The van der Waals surface area contributed by atoms with Gasteiger partial charge in [0.2, 0.25) is 5.82 Å². The number of hydrogen-bond donors (Lipinski definition) is 0. The topological polar surface area (TPSA) is 69.6 Å². The molecule has 0 aliphatic rings. The van der Waals surface area contributed by atoms with Crippen molar-refractivity contribution in [1.29, 1.82) is 0 Å². The van der Waals surface area contributed by atoms with Gasteiger partial charge in [0.05, 0.1) is 32.2 Å². The standard InChI is InChI=1S/C30H18Cl3N3O3/c31-22-11-9-19(14-23(22)32)17-38-27-12-10-18(13-24(27)33)16-34-36-29(28-15-20-5-1-4-8-26(20)39-28)35-25-7-3-2-6-21(25)30(36)37/h1-16H,17H2. The van der Waals surface area contributed by atoms with Gasteiger partial charge in [-0.3, -0.25) is 4.79 Å². The molecule has 0 N–H and O–H groups in total. The summed E-state index contributed by atoms with van der Waals surface area (Å²) in [5.74, 6) is 1.21. The van der Waals surface area contributed by atoms with E-state index in [4.69, 9.17) is 48.9 Å². The van der Waals surface area contributed by atoms with Gasteiger partial charge in [-0.05, 0) is 65.7 Å². The number of hydrogen-bond acceptors (Lipinski definition) is 5. The van der Waals surface area contributed by atoms with E-state index in [-0.39, 0.29) is 12.2 Å². The lowest BCUT2D eigenvalue weighted by Crippen LogP contribution is -2.20. The summed E-state index contributed by atoms with van der Waals surface area (Å²) in [6.45, 7) is 0.267. The minimum Gasteiger partial charge on any atom is -0.487 e. The first-order chi connectivity index (χ1) is 19.0. The zero-order valence-electron chi connectivity index (χ0n) is 20.1. The molecule has 192 valence electrons. The van der Waals surface area contributed by atoms with Crippen molar-refractivity contribution >= 4 is 62.9 Å². The minimum absolute atomic E-state index is 0.267. The second-order valence-electron chi connectivity index (χ2n) is 8.69. The van der Waals surface area contributed by atoms with Crippen LogP contribution in [0.25, 0.3) is 33.5 Å². The maximum Gasteiger partial charge on any atom is 0.282 e. The van der Waals surface area contributed by atoms with Crippen LogP contribution in [0.1, 0.15) is 11.1 Å². The maximum atomic E-state index is 13.4. The van der Waals surface area contributed by atoms with Crippen molar-refractivity contribution in [1.82, 2.24) is 9.66 Å². The number of benzene rings is 4. The van der Waals surface area contributed by atoms with Crippen LogP contribution in [-0.2, 0) is 6.61 Å². The van der Waals surface area contributed by atoms with Gasteiger partial charge < -0.3 is 9.15 Å². The van der Waals surface area contributed by atoms with Crippen molar-refractivity contribution in [2.45, 2.75) is 6.61 Å². The molecule has 0 fully saturated rings. The Labute approximate surface area is 237 Å². The number of rotatable bonds is 6. The van der Waals surface area contributed by atoms with E-state index >= 15 is 0 Å². The number of aromatic nitrogens is 2. The van der Waals surface area contributed by atoms with Gasteiger partial charge >= 0.3 is 0 Å². The largest absolute Gasteiger partial charge is 0.487 e. The van der Waals surface area contributed by atoms with Crippen molar-refractivity contribution in [2.75, 3.05) is 0 Å². The molecule has 39 heavy (non-hydrogen) atoms. The van der Waals surface area contributed by atoms with E-state index in [1.54, 1.807) is 54.7 Å². The fourth-order valence-corrected chi connectivity index (χ4v) is 4.68. The smallest absolute Gasteiger partial charge is 0.282 e. The van der Waals surface area contributed by atoms with Crippen molar-refractivity contribution in [2.24, 2.45) is 5.10 Å². The van der Waals surface area contributed by atoms with Crippen LogP contribution in [0.3, 0.4) is 0 Å². The lowest BCUT2D eigenvalue weighted by molar-refractivity contribution is 0.306. The number of halogens is 3. The second-order valence-corrected chi connectivity index (χ2v) is 9.91. The molecule has 0 aliphatic heterocycles. The monoisotopic (exact) mass is 573 g/mol. The summed E-state index contributed by atoms with van der Waals surface area (Å²) in [5, 5.41) is 7.15. The number of fused-ring (bicyclic) bond motifs is 2. The quantitative estimate of drug-likeness (QED) is 0.188. The number of furan rings is 1. The third-order valence-corrected chi connectivity index (χ3v) is 7.09. The highest BCUT2D eigenvalue weighted by molar-refractivity contribution is 6.42. The van der Waals surface area contributed by atoms with Gasteiger partial charge in [0.25, 0.3) is 5.56 Å². The molecule has 0 saturated carbocycles. The van der Waals surface area contributed by atoms with Gasteiger partial charge in [-0.25, -0.2) is 4.98 Å². The SMILES string of the molecule is O=c1c2ccccc2nc(-c2cc3ccccc3o2)n1N=Cc1ccc(OCc2ccc(Cl)c(Cl)c2)c(Cl)c1. The molecule has 0 unspecified atom stereocenters.